The van der Waals surface area contributed by atoms with Crippen LogP contribution in [0.25, 0.3) is 0 Å². The topological polar surface area (TPSA) is 55.5 Å². The highest BCUT2D eigenvalue weighted by atomic mass is 19.4. The molecule has 0 atom stereocenters. The number of aryl methyl sites for hydroxylation is 1. The Bertz CT molecular complexity index is 834. The summed E-state index contributed by atoms with van der Waals surface area (Å²) >= 11 is 0. The van der Waals surface area contributed by atoms with Crippen molar-refractivity contribution in [1.29, 1.82) is 0 Å². The summed E-state index contributed by atoms with van der Waals surface area (Å²) in [6.45, 7) is 1.60. The van der Waals surface area contributed by atoms with Crippen LogP contribution < -0.4 is 5.56 Å². The number of amides is 1. The van der Waals surface area contributed by atoms with Crippen molar-refractivity contribution in [3.63, 3.8) is 0 Å². The number of hydrogen-bond acceptors (Lipinski definition) is 3. The highest BCUT2D eigenvalue weighted by molar-refractivity contribution is 5.76. The predicted octanol–water partition coefficient (Wildman–Crippen LogP) is 2.96. The van der Waals surface area contributed by atoms with Crippen molar-refractivity contribution in [2.45, 2.75) is 45.1 Å². The number of hydrogen-bond donors (Lipinski definition) is 0. The molecule has 1 saturated carbocycles. The number of carbonyl (C=O) groups is 1. The van der Waals surface area contributed by atoms with Gasteiger partial charge < -0.3 is 13.9 Å². The van der Waals surface area contributed by atoms with Crippen molar-refractivity contribution >= 4 is 5.91 Å². The number of pyridine rings is 1. The lowest BCUT2D eigenvalue weighted by atomic mass is 10.2. The Balaban J connectivity index is 1.78. The van der Waals surface area contributed by atoms with Gasteiger partial charge in [-0.05, 0) is 38.0 Å². The molecule has 2 aromatic heterocycles. The zero-order valence-corrected chi connectivity index (χ0v) is 13.5. The van der Waals surface area contributed by atoms with Crippen molar-refractivity contribution < 1.29 is 22.4 Å². The Morgan fingerprint density at radius 2 is 2.00 bits per heavy atom. The van der Waals surface area contributed by atoms with Crippen molar-refractivity contribution in [3.8, 4) is 0 Å². The van der Waals surface area contributed by atoms with Gasteiger partial charge in [-0.1, -0.05) is 0 Å². The minimum absolute atomic E-state index is 0.0411. The number of halogens is 3. The second-order valence-electron chi connectivity index (χ2n) is 6.15. The van der Waals surface area contributed by atoms with E-state index in [0.29, 0.717) is 23.8 Å². The molecule has 3 rings (SSSR count). The summed E-state index contributed by atoms with van der Waals surface area (Å²) in [6, 6.07) is 5.12. The molecule has 2 aromatic rings. The van der Waals surface area contributed by atoms with Gasteiger partial charge in [0.25, 0.3) is 5.56 Å². The summed E-state index contributed by atoms with van der Waals surface area (Å²) in [4.78, 5) is 25.9. The second kappa shape index (κ2) is 6.42. The van der Waals surface area contributed by atoms with Crippen LogP contribution in [0.15, 0.2) is 39.7 Å². The fourth-order valence-electron chi connectivity index (χ4n) is 2.60. The molecule has 2 heterocycles. The summed E-state index contributed by atoms with van der Waals surface area (Å²) in [5, 5.41) is 0. The van der Waals surface area contributed by atoms with E-state index in [-0.39, 0.29) is 12.6 Å². The maximum atomic E-state index is 12.8. The van der Waals surface area contributed by atoms with Crippen LogP contribution in [0.2, 0.25) is 0 Å². The molecule has 0 aliphatic heterocycles. The highest BCUT2D eigenvalue weighted by Crippen LogP contribution is 2.30. The standard InChI is InChI=1S/C17H17F3N2O3/c1-11-2-6-14(25-11)9-22(13-4-5-13)16(24)10-21-8-12(17(18,19)20)3-7-15(21)23/h2-3,6-8,13H,4-5,9-10H2,1H3. The Kier molecular flexibility index (Phi) is 4.45. The third-order valence-electron chi connectivity index (χ3n) is 4.05. The maximum absolute atomic E-state index is 12.8. The van der Waals surface area contributed by atoms with E-state index in [2.05, 4.69) is 0 Å². The molecular weight excluding hydrogens is 337 g/mol. The number of nitrogens with zero attached hydrogens (tertiary/aromatic N) is 2. The van der Waals surface area contributed by atoms with Crippen LogP contribution >= 0.6 is 0 Å². The monoisotopic (exact) mass is 354 g/mol. The van der Waals surface area contributed by atoms with Gasteiger partial charge in [-0.2, -0.15) is 13.2 Å². The molecule has 1 aliphatic carbocycles. The molecule has 0 saturated heterocycles. The van der Waals surface area contributed by atoms with Gasteiger partial charge in [0, 0.05) is 18.3 Å². The van der Waals surface area contributed by atoms with E-state index in [1.165, 1.54) is 0 Å². The van der Waals surface area contributed by atoms with E-state index in [9.17, 15) is 22.8 Å². The van der Waals surface area contributed by atoms with E-state index >= 15 is 0 Å². The van der Waals surface area contributed by atoms with Crippen molar-refractivity contribution in [3.05, 3.63) is 57.9 Å². The molecule has 0 N–H and O–H groups in total. The van der Waals surface area contributed by atoms with Crippen LogP contribution in [0.1, 0.15) is 29.9 Å². The van der Waals surface area contributed by atoms with E-state index in [4.69, 9.17) is 4.42 Å². The van der Waals surface area contributed by atoms with E-state index < -0.39 is 29.8 Å². The molecule has 134 valence electrons. The molecule has 1 aliphatic rings. The predicted molar refractivity (Wildman–Crippen MR) is 82.7 cm³/mol. The van der Waals surface area contributed by atoms with Gasteiger partial charge in [0.15, 0.2) is 0 Å². The maximum Gasteiger partial charge on any atom is 0.417 e. The molecule has 0 radical (unpaired) electrons. The third-order valence-corrected chi connectivity index (χ3v) is 4.05. The van der Waals surface area contributed by atoms with Crippen LogP contribution in [0.3, 0.4) is 0 Å². The molecule has 0 unspecified atom stereocenters. The Hall–Kier alpha value is -2.51. The van der Waals surface area contributed by atoms with E-state index in [0.717, 1.165) is 23.5 Å². The van der Waals surface area contributed by atoms with Crippen molar-refractivity contribution in [2.75, 3.05) is 0 Å². The smallest absolute Gasteiger partial charge is 0.417 e. The van der Waals surface area contributed by atoms with Crippen molar-refractivity contribution in [2.24, 2.45) is 0 Å². The number of carbonyl (C=O) groups excluding carboxylic acids is 1. The Morgan fingerprint density at radius 3 is 2.56 bits per heavy atom. The van der Waals surface area contributed by atoms with E-state index in [1.54, 1.807) is 24.0 Å². The number of aromatic nitrogens is 1. The summed E-state index contributed by atoms with van der Waals surface area (Å²) in [5.74, 6) is 0.916. The molecule has 1 amide bonds. The summed E-state index contributed by atoms with van der Waals surface area (Å²) < 4.78 is 44.7. The highest BCUT2D eigenvalue weighted by Gasteiger charge is 2.34. The molecular formula is C17H17F3N2O3. The first-order valence-electron chi connectivity index (χ1n) is 7.86. The van der Waals surface area contributed by atoms with Gasteiger partial charge in [-0.3, -0.25) is 9.59 Å². The van der Waals surface area contributed by atoms with Gasteiger partial charge in [-0.15, -0.1) is 0 Å². The van der Waals surface area contributed by atoms with Crippen LogP contribution in [0.4, 0.5) is 13.2 Å². The minimum Gasteiger partial charge on any atom is -0.464 e. The van der Waals surface area contributed by atoms with Crippen LogP contribution in [0.5, 0.6) is 0 Å². The quantitative estimate of drug-likeness (QED) is 0.830. The molecule has 8 heteroatoms. The lowest BCUT2D eigenvalue weighted by molar-refractivity contribution is -0.139. The molecule has 0 bridgehead atoms. The number of furan rings is 1. The van der Waals surface area contributed by atoms with Crippen molar-refractivity contribution in [1.82, 2.24) is 9.47 Å². The largest absolute Gasteiger partial charge is 0.464 e. The first-order valence-corrected chi connectivity index (χ1v) is 7.86. The lowest BCUT2D eigenvalue weighted by Gasteiger charge is -2.22. The molecule has 0 aromatic carbocycles. The Labute approximate surface area is 141 Å². The molecule has 25 heavy (non-hydrogen) atoms. The zero-order chi connectivity index (χ0) is 18.2. The summed E-state index contributed by atoms with van der Waals surface area (Å²) in [6.07, 6.45) is -2.21. The van der Waals surface area contributed by atoms with Gasteiger partial charge in [-0.25, -0.2) is 0 Å². The average molecular weight is 354 g/mol. The van der Waals surface area contributed by atoms with Crippen LogP contribution in [-0.2, 0) is 24.1 Å². The zero-order valence-electron chi connectivity index (χ0n) is 13.5. The minimum atomic E-state index is -4.57. The van der Waals surface area contributed by atoms with Crippen LogP contribution in [-0.4, -0.2) is 21.4 Å². The fraction of sp³-hybridized carbons (Fsp3) is 0.412. The number of rotatable bonds is 5. The summed E-state index contributed by atoms with van der Waals surface area (Å²) in [7, 11) is 0. The van der Waals surface area contributed by atoms with Gasteiger partial charge in [0.05, 0.1) is 12.1 Å². The third kappa shape index (κ3) is 4.12. The first-order chi connectivity index (χ1) is 11.7. The van der Waals surface area contributed by atoms with E-state index in [1.807, 2.05) is 0 Å². The Morgan fingerprint density at radius 1 is 1.28 bits per heavy atom. The van der Waals surface area contributed by atoms with Gasteiger partial charge in [0.1, 0.15) is 18.1 Å². The molecule has 1 fully saturated rings. The van der Waals surface area contributed by atoms with Gasteiger partial charge in [0.2, 0.25) is 5.91 Å². The molecule has 5 nitrogen and oxygen atoms in total. The lowest BCUT2D eigenvalue weighted by Crippen LogP contribution is -2.37. The first kappa shape index (κ1) is 17.3. The summed E-state index contributed by atoms with van der Waals surface area (Å²) in [5.41, 5.74) is -1.61. The molecule has 0 spiro atoms. The number of alkyl halides is 3. The van der Waals surface area contributed by atoms with Crippen LogP contribution in [0, 0.1) is 6.92 Å². The fourth-order valence-corrected chi connectivity index (χ4v) is 2.60. The SMILES string of the molecule is Cc1ccc(CN(C(=O)Cn2cc(C(F)(F)F)ccc2=O)C2CC2)o1. The normalized spacial score (nSPS) is 14.6. The van der Waals surface area contributed by atoms with Gasteiger partial charge >= 0.3 is 6.18 Å². The average Bonchev–Trinajstić information content (AvgIpc) is 3.28. The second-order valence-corrected chi connectivity index (χ2v) is 6.15.